The van der Waals surface area contributed by atoms with Crippen molar-refractivity contribution in [2.24, 2.45) is 7.05 Å². The van der Waals surface area contributed by atoms with Gasteiger partial charge in [0.05, 0.1) is 10.6 Å². The van der Waals surface area contributed by atoms with Crippen molar-refractivity contribution in [2.75, 3.05) is 0 Å². The number of hydrogen-bond donors (Lipinski definition) is 1. The SMILES string of the molecule is CC(Sc1nnc(-c2ccc(Cl)cc2)n1C)c1nc2scc(-c3cccs3)c2c(=O)[nH]1. The lowest BCUT2D eigenvalue weighted by Gasteiger charge is -2.10. The van der Waals surface area contributed by atoms with Gasteiger partial charge in [-0.25, -0.2) is 4.98 Å². The summed E-state index contributed by atoms with van der Waals surface area (Å²) in [7, 11) is 1.92. The largest absolute Gasteiger partial charge is 0.309 e. The maximum absolute atomic E-state index is 12.9. The Hall–Kier alpha value is -2.46. The first-order valence-electron chi connectivity index (χ1n) is 9.38. The van der Waals surface area contributed by atoms with Crippen molar-refractivity contribution in [3.63, 3.8) is 0 Å². The number of rotatable bonds is 5. The topological polar surface area (TPSA) is 76.5 Å². The van der Waals surface area contributed by atoms with E-state index in [4.69, 9.17) is 16.6 Å². The summed E-state index contributed by atoms with van der Waals surface area (Å²) in [4.78, 5) is 22.4. The average Bonchev–Trinajstić information content (AvgIpc) is 3.49. The Bertz CT molecular complexity index is 1420. The summed E-state index contributed by atoms with van der Waals surface area (Å²) >= 11 is 10.6. The van der Waals surface area contributed by atoms with Gasteiger partial charge in [-0.15, -0.1) is 32.9 Å². The minimum Gasteiger partial charge on any atom is -0.309 e. The van der Waals surface area contributed by atoms with E-state index in [0.29, 0.717) is 16.2 Å². The maximum atomic E-state index is 12.9. The van der Waals surface area contributed by atoms with Gasteiger partial charge in [0, 0.05) is 33.5 Å². The second-order valence-corrected chi connectivity index (χ2v) is 10.4. The van der Waals surface area contributed by atoms with Crippen molar-refractivity contribution in [3.05, 3.63) is 68.4 Å². The standard InChI is InChI=1S/C21H16ClN5OS3/c1-11(31-21-26-25-18(27(21)2)12-5-7-13(22)8-6-12)17-23-19(28)16-14(10-30-20(16)24-17)15-4-3-9-29-15/h3-11H,1-2H3,(H,23,24,28). The highest BCUT2D eigenvalue weighted by Gasteiger charge is 2.20. The van der Waals surface area contributed by atoms with Gasteiger partial charge in [-0.2, -0.15) is 0 Å². The predicted molar refractivity (Wildman–Crippen MR) is 129 cm³/mol. The molecule has 4 aromatic heterocycles. The van der Waals surface area contributed by atoms with Gasteiger partial charge in [0.1, 0.15) is 10.7 Å². The molecule has 31 heavy (non-hydrogen) atoms. The number of aromatic amines is 1. The number of halogens is 1. The summed E-state index contributed by atoms with van der Waals surface area (Å²) < 4.78 is 1.93. The van der Waals surface area contributed by atoms with Gasteiger partial charge in [-0.05, 0) is 42.6 Å². The van der Waals surface area contributed by atoms with Crippen molar-refractivity contribution < 1.29 is 0 Å². The van der Waals surface area contributed by atoms with E-state index in [-0.39, 0.29) is 10.8 Å². The van der Waals surface area contributed by atoms with Crippen LogP contribution in [0.15, 0.2) is 57.1 Å². The van der Waals surface area contributed by atoms with Crippen molar-refractivity contribution >= 4 is 56.3 Å². The van der Waals surface area contributed by atoms with E-state index < -0.39 is 0 Å². The molecule has 0 bridgehead atoms. The minimum atomic E-state index is -0.114. The Kier molecular flexibility index (Phi) is 5.43. The predicted octanol–water partition coefficient (Wildman–Crippen LogP) is 6.02. The van der Waals surface area contributed by atoms with Gasteiger partial charge in [-0.3, -0.25) is 4.79 Å². The van der Waals surface area contributed by atoms with Crippen LogP contribution in [0.4, 0.5) is 0 Å². The third-order valence-electron chi connectivity index (χ3n) is 4.85. The smallest absolute Gasteiger partial charge is 0.260 e. The van der Waals surface area contributed by atoms with Gasteiger partial charge in [0.2, 0.25) is 0 Å². The molecule has 6 nitrogen and oxygen atoms in total. The van der Waals surface area contributed by atoms with Crippen molar-refractivity contribution in [3.8, 4) is 21.8 Å². The molecule has 0 aliphatic heterocycles. The first-order valence-corrected chi connectivity index (χ1v) is 12.4. The molecule has 0 aliphatic rings. The van der Waals surface area contributed by atoms with Crippen LogP contribution in [0.3, 0.4) is 0 Å². The maximum Gasteiger partial charge on any atom is 0.260 e. The van der Waals surface area contributed by atoms with Crippen LogP contribution in [0.1, 0.15) is 18.0 Å². The van der Waals surface area contributed by atoms with Crippen LogP contribution in [0.25, 0.3) is 32.0 Å². The van der Waals surface area contributed by atoms with Gasteiger partial charge in [0.25, 0.3) is 5.56 Å². The number of fused-ring (bicyclic) bond motifs is 1. The molecule has 1 atom stereocenters. The number of nitrogens with zero attached hydrogens (tertiary/aromatic N) is 4. The molecular formula is C21H16ClN5OS3. The molecule has 4 heterocycles. The Morgan fingerprint density at radius 3 is 2.71 bits per heavy atom. The molecule has 0 aliphatic carbocycles. The van der Waals surface area contributed by atoms with Crippen molar-refractivity contribution in [2.45, 2.75) is 17.3 Å². The summed E-state index contributed by atoms with van der Waals surface area (Å²) in [5, 5.41) is 14.6. The van der Waals surface area contributed by atoms with E-state index >= 15 is 0 Å². The number of benzene rings is 1. The normalized spacial score (nSPS) is 12.5. The Morgan fingerprint density at radius 2 is 1.97 bits per heavy atom. The van der Waals surface area contributed by atoms with Crippen LogP contribution < -0.4 is 5.56 Å². The van der Waals surface area contributed by atoms with Crippen LogP contribution in [0.5, 0.6) is 0 Å². The molecule has 5 rings (SSSR count). The van der Waals surface area contributed by atoms with Crippen LogP contribution in [-0.2, 0) is 7.05 Å². The fraction of sp³-hybridized carbons (Fsp3) is 0.143. The molecule has 1 aromatic carbocycles. The molecule has 0 spiro atoms. The number of nitrogens with one attached hydrogen (secondary N) is 1. The molecule has 0 radical (unpaired) electrons. The lowest BCUT2D eigenvalue weighted by molar-refractivity contribution is 0.786. The highest BCUT2D eigenvalue weighted by Crippen LogP contribution is 2.36. The lowest BCUT2D eigenvalue weighted by atomic mass is 10.2. The molecular weight excluding hydrogens is 470 g/mol. The fourth-order valence-corrected chi connectivity index (χ4v) is 6.02. The van der Waals surface area contributed by atoms with Gasteiger partial charge in [0.15, 0.2) is 11.0 Å². The Morgan fingerprint density at radius 1 is 1.16 bits per heavy atom. The monoisotopic (exact) mass is 485 g/mol. The second-order valence-electron chi connectivity index (χ2n) is 6.89. The Labute approximate surface area is 195 Å². The molecule has 0 saturated heterocycles. The molecule has 1 N–H and O–H groups in total. The van der Waals surface area contributed by atoms with Crippen molar-refractivity contribution in [1.29, 1.82) is 0 Å². The zero-order chi connectivity index (χ0) is 21.5. The highest BCUT2D eigenvalue weighted by atomic mass is 35.5. The summed E-state index contributed by atoms with van der Waals surface area (Å²) in [5.41, 5.74) is 1.76. The fourth-order valence-electron chi connectivity index (χ4n) is 3.25. The molecule has 156 valence electrons. The molecule has 1 unspecified atom stereocenters. The molecule has 0 amide bonds. The summed E-state index contributed by atoms with van der Waals surface area (Å²) in [6, 6.07) is 11.5. The number of thioether (sulfide) groups is 1. The van der Waals surface area contributed by atoms with Gasteiger partial charge >= 0.3 is 0 Å². The van der Waals surface area contributed by atoms with Crippen molar-refractivity contribution in [1.82, 2.24) is 24.7 Å². The Balaban J connectivity index is 1.44. The van der Waals surface area contributed by atoms with Gasteiger partial charge in [-0.1, -0.05) is 29.4 Å². The molecule has 10 heteroatoms. The second kappa shape index (κ2) is 8.23. The van der Waals surface area contributed by atoms with E-state index in [9.17, 15) is 4.79 Å². The van der Waals surface area contributed by atoms with E-state index in [2.05, 4.69) is 15.2 Å². The van der Waals surface area contributed by atoms with Crippen LogP contribution in [0.2, 0.25) is 5.02 Å². The first-order chi connectivity index (χ1) is 15.0. The first kappa shape index (κ1) is 20.4. The molecule has 0 saturated carbocycles. The third kappa shape index (κ3) is 3.82. The summed E-state index contributed by atoms with van der Waals surface area (Å²) in [6.07, 6.45) is 0. The minimum absolute atomic E-state index is 0.106. The highest BCUT2D eigenvalue weighted by molar-refractivity contribution is 7.99. The average molecular weight is 486 g/mol. The number of hydrogen-bond acceptors (Lipinski definition) is 7. The molecule has 5 aromatic rings. The molecule has 0 fully saturated rings. The number of aromatic nitrogens is 5. The van der Waals surface area contributed by atoms with E-state index in [0.717, 1.165) is 31.8 Å². The van der Waals surface area contributed by atoms with Crippen LogP contribution in [0, 0.1) is 0 Å². The number of thiophene rings is 2. The van der Waals surface area contributed by atoms with Gasteiger partial charge < -0.3 is 9.55 Å². The number of H-pyrrole nitrogens is 1. The zero-order valence-corrected chi connectivity index (χ0v) is 19.7. The quantitative estimate of drug-likeness (QED) is 0.308. The summed E-state index contributed by atoms with van der Waals surface area (Å²) in [6.45, 7) is 2.00. The van der Waals surface area contributed by atoms with E-state index in [1.165, 1.54) is 23.1 Å². The van der Waals surface area contributed by atoms with Crippen LogP contribution in [-0.4, -0.2) is 24.7 Å². The lowest BCUT2D eigenvalue weighted by Crippen LogP contribution is -2.12. The third-order valence-corrected chi connectivity index (χ3v) is 8.02. The van der Waals surface area contributed by atoms with E-state index in [1.54, 1.807) is 11.3 Å². The zero-order valence-electron chi connectivity index (χ0n) is 16.5. The van der Waals surface area contributed by atoms with E-state index in [1.807, 2.05) is 65.7 Å². The summed E-state index contributed by atoms with van der Waals surface area (Å²) in [5.74, 6) is 1.38. The van der Waals surface area contributed by atoms with Crippen LogP contribution >= 0.6 is 46.0 Å².